The lowest BCUT2D eigenvalue weighted by Gasteiger charge is -2.50. The topological polar surface area (TPSA) is 412 Å². The summed E-state index contributed by atoms with van der Waals surface area (Å²) in [5.74, 6) is -1.68. The van der Waals surface area contributed by atoms with E-state index in [0.717, 1.165) is 0 Å². The molecule has 15 aliphatic rings. The average molecular weight is 1250 g/mol. The predicted molar refractivity (Wildman–Crippen MR) is 276 cm³/mol. The van der Waals surface area contributed by atoms with E-state index in [2.05, 4.69) is 88.4 Å². The summed E-state index contributed by atoms with van der Waals surface area (Å²) in [5.41, 5.74) is 0. The molecule has 448 valence electrons. The van der Waals surface area contributed by atoms with Crippen LogP contribution in [-0.2, 0) is 66.3 Å². The van der Waals surface area contributed by atoms with Crippen molar-refractivity contribution in [1.82, 2.24) is 0 Å². The number of thiol groups is 7. The van der Waals surface area contributed by atoms with Crippen LogP contribution in [0.3, 0.4) is 0 Å². The molecular formula is C42H70O28S7. The predicted octanol–water partition coefficient (Wildman–Crippen LogP) is -8.67. The molecule has 0 amide bonds. The summed E-state index contributed by atoms with van der Waals surface area (Å²) in [6.07, 6.45) is -59.8. The third-order valence-corrected chi connectivity index (χ3v) is 17.3. The second-order valence-corrected chi connectivity index (χ2v) is 22.2. The zero-order chi connectivity index (χ0) is 56.1. The molecule has 14 bridgehead atoms. The van der Waals surface area contributed by atoms with Gasteiger partial charge in [-0.2, -0.15) is 88.4 Å². The fourth-order valence-corrected chi connectivity index (χ4v) is 12.5. The van der Waals surface area contributed by atoms with Gasteiger partial charge in [-0.3, -0.25) is 0 Å². The highest BCUT2D eigenvalue weighted by Crippen LogP contribution is 2.39. The lowest BCUT2D eigenvalue weighted by molar-refractivity contribution is -0.389. The van der Waals surface area contributed by atoms with Gasteiger partial charge in [-0.25, -0.2) is 0 Å². The quantitative estimate of drug-likeness (QED) is 0.105. The van der Waals surface area contributed by atoms with Crippen molar-refractivity contribution in [3.8, 4) is 0 Å². The maximum absolute atomic E-state index is 11.5. The SMILES string of the molecule is O[C@@H]1[C@H]2O[C@H]3[C@H](O)[C@@H](O)[C@@H](O[C@H]4[C@H](O)[C@@H](O)[C@@H](O[C@H]5[C@H](O)[C@@H](O)[C@@H](O[C@H]6[C@H](O)[C@@H](O)[C@@H](O[C@H]7[C@H](O)[C@@H](O)[C@@H](O[C@H]8[C@H](O)[C@@H](O)[C@@H](O[C@@H]([C@@H]1O)[C@@H](CS)O2)O[C@@H]8CS)O[C@@H]7CS)O[C@@H]6CS)O[C@@H]5CS)O[C@@H]4CS)O[C@@H]3CS. The Balaban J connectivity index is 1.08. The number of fused-ring (bicyclic) bond motifs is 7. The van der Waals surface area contributed by atoms with Gasteiger partial charge in [0.05, 0.1) is 42.7 Å². The average Bonchev–Trinajstić information content (AvgIpc) is 3.42. The van der Waals surface area contributed by atoms with Crippen LogP contribution in [0.15, 0.2) is 0 Å². The third kappa shape index (κ3) is 13.1. The van der Waals surface area contributed by atoms with Gasteiger partial charge in [0.15, 0.2) is 44.0 Å². The van der Waals surface area contributed by atoms with Crippen LogP contribution in [0.5, 0.6) is 0 Å². The summed E-state index contributed by atoms with van der Waals surface area (Å²) in [6.45, 7) is 0. The molecule has 15 rings (SSSR count). The molecule has 77 heavy (non-hydrogen) atoms. The van der Waals surface area contributed by atoms with Gasteiger partial charge in [0.25, 0.3) is 0 Å². The van der Waals surface area contributed by atoms with Crippen molar-refractivity contribution in [3.05, 3.63) is 0 Å². The summed E-state index contributed by atoms with van der Waals surface area (Å²) in [7, 11) is 0. The van der Waals surface area contributed by atoms with E-state index in [1.807, 2.05) is 0 Å². The third-order valence-electron chi connectivity index (χ3n) is 14.8. The summed E-state index contributed by atoms with van der Waals surface area (Å²) in [6, 6.07) is 0. The monoisotopic (exact) mass is 1250 g/mol. The summed E-state index contributed by atoms with van der Waals surface area (Å²) < 4.78 is 83.5. The van der Waals surface area contributed by atoms with Crippen molar-refractivity contribution in [2.24, 2.45) is 0 Å². The molecule has 15 saturated heterocycles. The maximum atomic E-state index is 11.5. The Hall–Kier alpha value is 1.33. The molecule has 15 aliphatic heterocycles. The highest BCUT2D eigenvalue weighted by Gasteiger charge is 2.59. The molecule has 0 radical (unpaired) electrons. The molecule has 0 aromatic carbocycles. The van der Waals surface area contributed by atoms with Crippen LogP contribution < -0.4 is 0 Å². The van der Waals surface area contributed by atoms with Crippen LogP contribution in [0, 0.1) is 0 Å². The fourth-order valence-electron chi connectivity index (χ4n) is 10.4. The van der Waals surface area contributed by atoms with Gasteiger partial charge < -0.3 is 138 Å². The molecule has 28 nitrogen and oxygen atoms in total. The number of hydrogen-bond acceptors (Lipinski definition) is 35. The highest BCUT2D eigenvalue weighted by molar-refractivity contribution is 7.81. The first-order valence-electron chi connectivity index (χ1n) is 24.6. The Morgan fingerprint density at radius 1 is 0.169 bits per heavy atom. The van der Waals surface area contributed by atoms with Gasteiger partial charge >= 0.3 is 0 Å². The molecule has 15 fully saturated rings. The number of aliphatic hydroxyl groups excluding tert-OH is 14. The highest BCUT2D eigenvalue weighted by atomic mass is 32.1. The van der Waals surface area contributed by atoms with E-state index in [-0.39, 0.29) is 40.3 Å². The number of rotatable bonds is 7. The fraction of sp³-hybridized carbons (Fsp3) is 1.00. The van der Waals surface area contributed by atoms with Gasteiger partial charge in [-0.05, 0) is 0 Å². The van der Waals surface area contributed by atoms with E-state index in [4.69, 9.17) is 66.3 Å². The minimum Gasteiger partial charge on any atom is -0.387 e. The Bertz CT molecular complexity index is 1490. The van der Waals surface area contributed by atoms with Crippen molar-refractivity contribution in [3.63, 3.8) is 0 Å². The molecule has 0 spiro atoms. The van der Waals surface area contributed by atoms with Crippen LogP contribution in [-0.4, -0.2) is 327 Å². The van der Waals surface area contributed by atoms with Gasteiger partial charge in [0.1, 0.15) is 128 Å². The van der Waals surface area contributed by atoms with Crippen LogP contribution in [0.1, 0.15) is 0 Å². The second kappa shape index (κ2) is 27.8. The Morgan fingerprint density at radius 2 is 0.273 bits per heavy atom. The second-order valence-electron chi connectivity index (χ2n) is 19.7. The maximum Gasteiger partial charge on any atom is 0.187 e. The molecule has 0 aromatic rings. The number of aliphatic hydroxyl groups is 14. The van der Waals surface area contributed by atoms with Crippen LogP contribution in [0.2, 0.25) is 0 Å². The normalized spacial score (nSPS) is 55.4. The van der Waals surface area contributed by atoms with Gasteiger partial charge in [-0.1, -0.05) is 0 Å². The van der Waals surface area contributed by atoms with Crippen LogP contribution >= 0.6 is 88.4 Å². The van der Waals surface area contributed by atoms with Crippen LogP contribution in [0.25, 0.3) is 0 Å². The van der Waals surface area contributed by atoms with Crippen molar-refractivity contribution in [2.45, 2.75) is 215 Å². The minimum absolute atomic E-state index is 0.240. The molecule has 15 heterocycles. The molecule has 14 N–H and O–H groups in total. The largest absolute Gasteiger partial charge is 0.387 e. The number of ether oxygens (including phenoxy) is 14. The Labute approximate surface area is 478 Å². The Kier molecular flexibility index (Phi) is 23.2. The van der Waals surface area contributed by atoms with E-state index in [0.29, 0.717) is 0 Å². The first kappa shape index (κ1) is 64.3. The smallest absolute Gasteiger partial charge is 0.187 e. The molecule has 35 heteroatoms. The molecule has 0 saturated carbocycles. The molecule has 0 aliphatic carbocycles. The van der Waals surface area contributed by atoms with Gasteiger partial charge in [-0.15, -0.1) is 0 Å². The van der Waals surface area contributed by atoms with Crippen molar-refractivity contribution >= 4 is 88.4 Å². The molecule has 0 aromatic heterocycles. The molecule has 0 unspecified atom stereocenters. The summed E-state index contributed by atoms with van der Waals surface area (Å²) >= 11 is 30.2. The molecule has 35 atom stereocenters. The minimum atomic E-state index is -1.99. The number of hydrogen-bond donors (Lipinski definition) is 21. The summed E-state index contributed by atoms with van der Waals surface area (Å²) in [4.78, 5) is 0. The summed E-state index contributed by atoms with van der Waals surface area (Å²) in [5, 5.41) is 160. The first-order valence-corrected chi connectivity index (χ1v) is 29.0. The van der Waals surface area contributed by atoms with E-state index < -0.39 is 215 Å². The standard InChI is InChI=1S/C42H70O28S7/c43-15-22(50)36-57-8(1-71)29(15)64-37-23(51)16(44)31(10(3-73)58-37)66-39-25(53)18(46)33(12(5-75)60-39)68-41-27(55)20(48)35(14(7-77)62-41)70-42-28(56)21(49)34(13(6-76)63-42)69-40-26(54)19(47)32(11(4-74)61-40)67-38-24(52)17(45)30(65-36)9(2-72)59-38/h8-56,71-77H,1-7H2/t8-,9-,10-,11-,12-,13-,14-,15-,16-,17-,18-,19-,20-,21-,22-,23-,24-,25-,26-,27-,28+,29-,30-,31-,32-,33-,34-,35-,36-,37-,38-,39-,40-,41-,42-/m1/s1. The van der Waals surface area contributed by atoms with Gasteiger partial charge in [0.2, 0.25) is 0 Å². The first-order chi connectivity index (χ1) is 36.7. The zero-order valence-electron chi connectivity index (χ0n) is 40.3. The molecular weight excluding hydrogens is 1180 g/mol. The van der Waals surface area contributed by atoms with Gasteiger partial charge in [0, 0.05) is 40.3 Å². The lowest BCUT2D eigenvalue weighted by Crippen LogP contribution is -2.68. The lowest BCUT2D eigenvalue weighted by atomic mass is 9.95. The van der Waals surface area contributed by atoms with Crippen molar-refractivity contribution in [1.29, 1.82) is 0 Å². The van der Waals surface area contributed by atoms with Crippen molar-refractivity contribution < 1.29 is 138 Å². The van der Waals surface area contributed by atoms with E-state index in [1.54, 1.807) is 0 Å². The van der Waals surface area contributed by atoms with Crippen LogP contribution in [0.4, 0.5) is 0 Å². The van der Waals surface area contributed by atoms with E-state index in [1.165, 1.54) is 0 Å². The zero-order valence-corrected chi connectivity index (χ0v) is 46.5. The van der Waals surface area contributed by atoms with E-state index >= 15 is 0 Å². The van der Waals surface area contributed by atoms with Crippen molar-refractivity contribution in [2.75, 3.05) is 40.3 Å². The van der Waals surface area contributed by atoms with E-state index in [9.17, 15) is 71.5 Å². The Morgan fingerprint density at radius 3 is 0.364 bits per heavy atom.